The van der Waals surface area contributed by atoms with Crippen LogP contribution in [0.4, 0.5) is 0 Å². The molecule has 4 aromatic rings. The molecule has 0 bridgehead atoms. The topological polar surface area (TPSA) is 48.0 Å². The first-order valence-corrected chi connectivity index (χ1v) is 8.78. The largest absolute Gasteiger partial charge is 0.334 e. The molecule has 0 spiro atoms. The molecule has 0 unspecified atom stereocenters. The van der Waals surface area contributed by atoms with Crippen molar-refractivity contribution in [2.75, 3.05) is 0 Å². The Morgan fingerprint density at radius 3 is 2.58 bits per heavy atom. The molecule has 0 amide bonds. The Balaban J connectivity index is 1.68. The molecular formula is C21H21N5. The lowest BCUT2D eigenvalue weighted by Crippen LogP contribution is -1.96. The summed E-state index contributed by atoms with van der Waals surface area (Å²) in [5.41, 5.74) is 5.27. The predicted octanol–water partition coefficient (Wildman–Crippen LogP) is 4.17. The molecule has 0 N–H and O–H groups in total. The number of imidazole rings is 1. The van der Waals surface area contributed by atoms with E-state index in [1.165, 1.54) is 5.56 Å². The van der Waals surface area contributed by atoms with Gasteiger partial charge in [0, 0.05) is 24.5 Å². The molecule has 130 valence electrons. The number of rotatable bonds is 4. The van der Waals surface area contributed by atoms with Crippen LogP contribution in [0.25, 0.3) is 29.1 Å². The summed E-state index contributed by atoms with van der Waals surface area (Å²) in [5.74, 6) is 1.56. The molecule has 0 aliphatic heterocycles. The number of benzene rings is 1. The summed E-state index contributed by atoms with van der Waals surface area (Å²) in [6, 6.07) is 14.4. The van der Waals surface area contributed by atoms with Crippen LogP contribution in [0.2, 0.25) is 0 Å². The van der Waals surface area contributed by atoms with E-state index in [-0.39, 0.29) is 0 Å². The summed E-state index contributed by atoms with van der Waals surface area (Å²) in [6.07, 6.45) is 6.85. The SMILES string of the molecule is CCc1ccc(C)n2nc(C=Cc3nc(-c4ccccc4)cn3C)nc12. The second-order valence-electron chi connectivity index (χ2n) is 6.35. The number of fused-ring (bicyclic) bond motifs is 1. The van der Waals surface area contributed by atoms with Crippen LogP contribution in [0.15, 0.2) is 48.7 Å². The van der Waals surface area contributed by atoms with E-state index >= 15 is 0 Å². The van der Waals surface area contributed by atoms with Gasteiger partial charge in [0.05, 0.1) is 5.69 Å². The van der Waals surface area contributed by atoms with Gasteiger partial charge in [0.2, 0.25) is 0 Å². The van der Waals surface area contributed by atoms with Gasteiger partial charge in [-0.05, 0) is 37.1 Å². The molecule has 26 heavy (non-hydrogen) atoms. The lowest BCUT2D eigenvalue weighted by Gasteiger charge is -2.01. The fraction of sp³-hybridized carbons (Fsp3) is 0.190. The Labute approximate surface area is 152 Å². The second kappa shape index (κ2) is 6.59. The molecule has 5 heteroatoms. The van der Waals surface area contributed by atoms with Gasteiger partial charge in [0.15, 0.2) is 11.5 Å². The molecule has 3 aromatic heterocycles. The standard InChI is InChI=1S/C21H21N5/c1-4-16-11-10-15(2)26-21(16)23-19(24-26)12-13-20-22-18(14-25(20)3)17-8-6-5-7-9-17/h5-14H,4H2,1-3H3. The second-order valence-corrected chi connectivity index (χ2v) is 6.35. The molecule has 4 rings (SSSR count). The van der Waals surface area contributed by atoms with Crippen LogP contribution in [-0.4, -0.2) is 24.1 Å². The average Bonchev–Trinajstić information content (AvgIpc) is 3.25. The molecule has 0 fully saturated rings. The van der Waals surface area contributed by atoms with Crippen LogP contribution in [0.1, 0.15) is 29.8 Å². The molecule has 0 aliphatic rings. The van der Waals surface area contributed by atoms with E-state index < -0.39 is 0 Å². The van der Waals surface area contributed by atoms with Crippen LogP contribution >= 0.6 is 0 Å². The lowest BCUT2D eigenvalue weighted by atomic mass is 10.2. The van der Waals surface area contributed by atoms with Gasteiger partial charge in [-0.25, -0.2) is 14.5 Å². The summed E-state index contributed by atoms with van der Waals surface area (Å²) in [5, 5.41) is 4.61. The van der Waals surface area contributed by atoms with Crippen LogP contribution in [0, 0.1) is 6.92 Å². The summed E-state index contributed by atoms with van der Waals surface area (Å²) >= 11 is 0. The highest BCUT2D eigenvalue weighted by Crippen LogP contribution is 2.19. The van der Waals surface area contributed by atoms with Gasteiger partial charge in [-0.15, -0.1) is 5.10 Å². The van der Waals surface area contributed by atoms with Crippen molar-refractivity contribution in [1.29, 1.82) is 0 Å². The first-order valence-electron chi connectivity index (χ1n) is 8.78. The minimum atomic E-state index is 0.693. The number of nitrogens with zero attached hydrogens (tertiary/aromatic N) is 5. The van der Waals surface area contributed by atoms with Gasteiger partial charge >= 0.3 is 0 Å². The zero-order valence-electron chi connectivity index (χ0n) is 15.2. The van der Waals surface area contributed by atoms with Gasteiger partial charge < -0.3 is 4.57 Å². The van der Waals surface area contributed by atoms with Crippen molar-refractivity contribution < 1.29 is 0 Å². The number of hydrogen-bond acceptors (Lipinski definition) is 3. The van der Waals surface area contributed by atoms with Gasteiger partial charge in [-0.2, -0.15) is 0 Å². The summed E-state index contributed by atoms with van der Waals surface area (Å²) in [6.45, 7) is 4.17. The van der Waals surface area contributed by atoms with E-state index in [2.05, 4.69) is 41.3 Å². The Hall–Kier alpha value is -3.21. The fourth-order valence-electron chi connectivity index (χ4n) is 3.03. The normalized spacial score (nSPS) is 11.7. The molecule has 1 aromatic carbocycles. The Morgan fingerprint density at radius 1 is 1.00 bits per heavy atom. The van der Waals surface area contributed by atoms with Gasteiger partial charge in [0.25, 0.3) is 0 Å². The lowest BCUT2D eigenvalue weighted by molar-refractivity contribution is 0.894. The van der Waals surface area contributed by atoms with Crippen LogP contribution in [0.3, 0.4) is 0 Å². The maximum atomic E-state index is 4.71. The van der Waals surface area contributed by atoms with Gasteiger partial charge in [-0.3, -0.25) is 0 Å². The summed E-state index contributed by atoms with van der Waals surface area (Å²) in [7, 11) is 2.00. The van der Waals surface area contributed by atoms with Gasteiger partial charge in [0.1, 0.15) is 5.82 Å². The minimum Gasteiger partial charge on any atom is -0.334 e. The van der Waals surface area contributed by atoms with Crippen molar-refractivity contribution in [3.8, 4) is 11.3 Å². The highest BCUT2D eigenvalue weighted by molar-refractivity contribution is 5.67. The predicted molar refractivity (Wildman–Crippen MR) is 105 cm³/mol. The Kier molecular flexibility index (Phi) is 4.13. The zero-order chi connectivity index (χ0) is 18.1. The van der Waals surface area contributed by atoms with Gasteiger partial charge in [-0.1, -0.05) is 43.3 Å². The minimum absolute atomic E-state index is 0.693. The third kappa shape index (κ3) is 2.92. The molecule has 3 heterocycles. The molecule has 0 aliphatic carbocycles. The number of aryl methyl sites for hydroxylation is 3. The zero-order valence-corrected chi connectivity index (χ0v) is 15.2. The van der Waals surface area contributed by atoms with Crippen molar-refractivity contribution in [2.24, 2.45) is 7.05 Å². The van der Waals surface area contributed by atoms with Crippen molar-refractivity contribution in [3.05, 3.63) is 71.6 Å². The molecule has 0 atom stereocenters. The third-order valence-electron chi connectivity index (χ3n) is 4.51. The van der Waals surface area contributed by atoms with Crippen LogP contribution < -0.4 is 0 Å². The Morgan fingerprint density at radius 2 is 1.81 bits per heavy atom. The molecule has 0 saturated carbocycles. The van der Waals surface area contributed by atoms with E-state index in [4.69, 9.17) is 4.98 Å². The van der Waals surface area contributed by atoms with Crippen molar-refractivity contribution >= 4 is 17.8 Å². The van der Waals surface area contributed by atoms with Crippen LogP contribution in [0.5, 0.6) is 0 Å². The number of hydrogen-bond donors (Lipinski definition) is 0. The van der Waals surface area contributed by atoms with Crippen molar-refractivity contribution in [2.45, 2.75) is 20.3 Å². The highest BCUT2D eigenvalue weighted by atomic mass is 15.3. The number of pyridine rings is 1. The van der Waals surface area contributed by atoms with E-state index in [0.29, 0.717) is 5.82 Å². The van der Waals surface area contributed by atoms with Crippen LogP contribution in [-0.2, 0) is 13.5 Å². The quantitative estimate of drug-likeness (QED) is 0.559. The Bertz CT molecular complexity index is 1090. The summed E-state index contributed by atoms with van der Waals surface area (Å²) in [4.78, 5) is 9.40. The van der Waals surface area contributed by atoms with E-state index in [0.717, 1.165) is 34.8 Å². The maximum absolute atomic E-state index is 4.71. The molecule has 5 nitrogen and oxygen atoms in total. The smallest absolute Gasteiger partial charge is 0.175 e. The van der Waals surface area contributed by atoms with E-state index in [1.807, 2.05) is 59.6 Å². The average molecular weight is 343 g/mol. The van der Waals surface area contributed by atoms with E-state index in [9.17, 15) is 0 Å². The highest BCUT2D eigenvalue weighted by Gasteiger charge is 2.08. The molecule has 0 saturated heterocycles. The summed E-state index contributed by atoms with van der Waals surface area (Å²) < 4.78 is 3.92. The maximum Gasteiger partial charge on any atom is 0.175 e. The van der Waals surface area contributed by atoms with E-state index in [1.54, 1.807) is 0 Å². The third-order valence-corrected chi connectivity index (χ3v) is 4.51. The van der Waals surface area contributed by atoms with Crippen molar-refractivity contribution in [3.63, 3.8) is 0 Å². The monoisotopic (exact) mass is 343 g/mol. The molecular weight excluding hydrogens is 322 g/mol. The fourth-order valence-corrected chi connectivity index (χ4v) is 3.03. The first-order chi connectivity index (χ1) is 12.7. The molecule has 0 radical (unpaired) electrons. The first kappa shape index (κ1) is 16.3. The van der Waals surface area contributed by atoms with Crippen molar-refractivity contribution in [1.82, 2.24) is 24.1 Å². The number of aromatic nitrogens is 5.